The van der Waals surface area contributed by atoms with Crippen molar-refractivity contribution >= 4 is 17.7 Å². The molecule has 1 aromatic rings. The molecule has 2 aliphatic rings. The van der Waals surface area contributed by atoms with Crippen molar-refractivity contribution in [2.24, 2.45) is 17.7 Å². The molecule has 0 bridgehead atoms. The van der Waals surface area contributed by atoms with Crippen LogP contribution >= 0.6 is 0 Å². The van der Waals surface area contributed by atoms with Gasteiger partial charge >= 0.3 is 0 Å². The number of likely N-dealkylation sites (tertiary alicyclic amines) is 1. The van der Waals surface area contributed by atoms with Gasteiger partial charge in [-0.25, -0.2) is 5.84 Å². The molecule has 1 aliphatic carbocycles. The molecule has 3 amide bonds. The number of nitrogens with two attached hydrogens (primary N) is 1. The summed E-state index contributed by atoms with van der Waals surface area (Å²) >= 11 is 0. The first-order chi connectivity index (χ1) is 9.61. The third kappa shape index (κ3) is 1.88. The van der Waals surface area contributed by atoms with Crippen molar-refractivity contribution in [3.05, 3.63) is 17.5 Å². The molecule has 3 N–H and O–H groups in total. The Bertz CT molecular complexity index is 560. The number of hydrazine groups is 1. The molecule has 2 heterocycles. The van der Waals surface area contributed by atoms with Crippen LogP contribution in [0.3, 0.4) is 0 Å². The molecule has 106 valence electrons. The summed E-state index contributed by atoms with van der Waals surface area (Å²) in [6.07, 6.45) is 2.45. The van der Waals surface area contributed by atoms with Crippen LogP contribution in [0.5, 0.6) is 0 Å². The van der Waals surface area contributed by atoms with Gasteiger partial charge in [0.15, 0.2) is 11.5 Å². The van der Waals surface area contributed by atoms with Gasteiger partial charge in [0.1, 0.15) is 0 Å². The standard InChI is InChI=1S/C12H14N4O4/c13-14-10(17)9-4-6(20-15-9)5-16-11(18)7-2-1-3-8(7)12(16)19/h4,7-8H,1-3,5,13H2,(H,14,17). The lowest BCUT2D eigenvalue weighted by Gasteiger charge is -2.13. The number of nitrogens with one attached hydrogen (secondary N) is 1. The van der Waals surface area contributed by atoms with Gasteiger partial charge < -0.3 is 4.52 Å². The monoisotopic (exact) mass is 278 g/mol. The maximum absolute atomic E-state index is 12.1. The summed E-state index contributed by atoms with van der Waals surface area (Å²) in [5.74, 6) is 4.00. The summed E-state index contributed by atoms with van der Waals surface area (Å²) in [6.45, 7) is 0.00944. The molecule has 8 heteroatoms. The van der Waals surface area contributed by atoms with Gasteiger partial charge in [0.25, 0.3) is 5.91 Å². The van der Waals surface area contributed by atoms with Gasteiger partial charge in [-0.15, -0.1) is 0 Å². The van der Waals surface area contributed by atoms with Crippen LogP contribution in [-0.4, -0.2) is 27.8 Å². The SMILES string of the molecule is NNC(=O)c1cc(CN2C(=O)C3CCCC3C2=O)on1. The predicted molar refractivity (Wildman–Crippen MR) is 64.5 cm³/mol. The van der Waals surface area contributed by atoms with Crippen molar-refractivity contribution < 1.29 is 18.9 Å². The third-order valence-electron chi connectivity index (χ3n) is 3.92. The van der Waals surface area contributed by atoms with E-state index in [4.69, 9.17) is 10.4 Å². The van der Waals surface area contributed by atoms with E-state index < -0.39 is 5.91 Å². The highest BCUT2D eigenvalue weighted by Crippen LogP contribution is 2.40. The van der Waals surface area contributed by atoms with Crippen LogP contribution in [0.15, 0.2) is 10.6 Å². The molecule has 1 saturated carbocycles. The van der Waals surface area contributed by atoms with E-state index in [0.29, 0.717) is 0 Å². The summed E-state index contributed by atoms with van der Waals surface area (Å²) in [7, 11) is 0. The normalized spacial score (nSPS) is 25.1. The fourth-order valence-electron chi connectivity index (χ4n) is 2.94. The molecule has 8 nitrogen and oxygen atoms in total. The quantitative estimate of drug-likeness (QED) is 0.335. The van der Waals surface area contributed by atoms with Crippen LogP contribution in [0, 0.1) is 11.8 Å². The molecule has 2 unspecified atom stereocenters. The Morgan fingerprint density at radius 1 is 1.40 bits per heavy atom. The molecule has 0 radical (unpaired) electrons. The minimum absolute atomic E-state index is 0.00944. The molecule has 1 saturated heterocycles. The minimum Gasteiger partial charge on any atom is -0.359 e. The van der Waals surface area contributed by atoms with Crippen molar-refractivity contribution in [3.8, 4) is 0 Å². The maximum Gasteiger partial charge on any atom is 0.287 e. The van der Waals surface area contributed by atoms with Crippen molar-refractivity contribution in [2.45, 2.75) is 25.8 Å². The summed E-state index contributed by atoms with van der Waals surface area (Å²) < 4.78 is 4.96. The molecule has 20 heavy (non-hydrogen) atoms. The van der Waals surface area contributed by atoms with Crippen molar-refractivity contribution in [2.75, 3.05) is 0 Å². The van der Waals surface area contributed by atoms with Crippen LogP contribution in [0.2, 0.25) is 0 Å². The number of nitrogens with zero attached hydrogens (tertiary/aromatic N) is 2. The lowest BCUT2D eigenvalue weighted by atomic mass is 10.00. The Balaban J connectivity index is 1.75. The Hall–Kier alpha value is -2.22. The number of carbonyl (C=O) groups is 3. The fraction of sp³-hybridized carbons (Fsp3) is 0.500. The van der Waals surface area contributed by atoms with E-state index in [1.807, 2.05) is 5.43 Å². The van der Waals surface area contributed by atoms with E-state index >= 15 is 0 Å². The molecule has 3 rings (SSSR count). The predicted octanol–water partition coefficient (Wildman–Crippen LogP) is -0.437. The molecule has 2 atom stereocenters. The van der Waals surface area contributed by atoms with Gasteiger partial charge in [-0.05, 0) is 12.8 Å². The van der Waals surface area contributed by atoms with E-state index in [1.54, 1.807) is 0 Å². The number of nitrogen functional groups attached to an aromatic ring is 1. The van der Waals surface area contributed by atoms with E-state index in [0.717, 1.165) is 19.3 Å². The van der Waals surface area contributed by atoms with Crippen LogP contribution in [0.25, 0.3) is 0 Å². The van der Waals surface area contributed by atoms with Crippen LogP contribution in [-0.2, 0) is 16.1 Å². The Morgan fingerprint density at radius 3 is 2.65 bits per heavy atom. The Morgan fingerprint density at radius 2 is 2.05 bits per heavy atom. The number of amides is 3. The Kier molecular flexibility index (Phi) is 3.01. The zero-order valence-corrected chi connectivity index (χ0v) is 10.7. The first kappa shape index (κ1) is 12.8. The highest BCUT2D eigenvalue weighted by atomic mass is 16.5. The number of hydrogen-bond acceptors (Lipinski definition) is 6. The van der Waals surface area contributed by atoms with E-state index in [2.05, 4.69) is 5.16 Å². The van der Waals surface area contributed by atoms with Gasteiger partial charge in [0, 0.05) is 6.07 Å². The number of aromatic nitrogens is 1. The molecule has 1 aromatic heterocycles. The fourth-order valence-corrected chi connectivity index (χ4v) is 2.94. The zero-order chi connectivity index (χ0) is 14.3. The second-order valence-electron chi connectivity index (χ2n) is 5.06. The highest BCUT2D eigenvalue weighted by Gasteiger charge is 2.49. The average molecular weight is 278 g/mol. The van der Waals surface area contributed by atoms with E-state index in [1.165, 1.54) is 11.0 Å². The number of carbonyl (C=O) groups excluding carboxylic acids is 3. The smallest absolute Gasteiger partial charge is 0.287 e. The average Bonchev–Trinajstić information content (AvgIpc) is 3.14. The van der Waals surface area contributed by atoms with Gasteiger partial charge in [0.05, 0.1) is 18.4 Å². The van der Waals surface area contributed by atoms with Gasteiger partial charge in [-0.2, -0.15) is 0 Å². The highest BCUT2D eigenvalue weighted by molar-refractivity contribution is 6.05. The van der Waals surface area contributed by atoms with Crippen molar-refractivity contribution in [1.82, 2.24) is 15.5 Å². The van der Waals surface area contributed by atoms with Crippen LogP contribution in [0.4, 0.5) is 0 Å². The lowest BCUT2D eigenvalue weighted by Crippen LogP contribution is -2.31. The zero-order valence-electron chi connectivity index (χ0n) is 10.7. The van der Waals surface area contributed by atoms with E-state index in [9.17, 15) is 14.4 Å². The molecule has 1 aliphatic heterocycles. The number of hydrogen-bond donors (Lipinski definition) is 2. The lowest BCUT2D eigenvalue weighted by molar-refractivity contribution is -0.141. The topological polar surface area (TPSA) is 119 Å². The van der Waals surface area contributed by atoms with Gasteiger partial charge in [0.2, 0.25) is 11.8 Å². The number of rotatable bonds is 3. The summed E-state index contributed by atoms with van der Waals surface area (Å²) in [6, 6.07) is 1.37. The van der Waals surface area contributed by atoms with Gasteiger partial charge in [-0.1, -0.05) is 11.6 Å². The van der Waals surface area contributed by atoms with Crippen molar-refractivity contribution in [1.29, 1.82) is 0 Å². The first-order valence-electron chi connectivity index (χ1n) is 6.43. The Labute approximate surface area is 114 Å². The third-order valence-corrected chi connectivity index (χ3v) is 3.92. The molecule has 2 fully saturated rings. The summed E-state index contributed by atoms with van der Waals surface area (Å²) in [5, 5.41) is 3.53. The second-order valence-corrected chi connectivity index (χ2v) is 5.06. The largest absolute Gasteiger partial charge is 0.359 e. The maximum atomic E-state index is 12.1. The molecular weight excluding hydrogens is 264 g/mol. The van der Waals surface area contributed by atoms with Gasteiger partial charge in [-0.3, -0.25) is 24.7 Å². The molecular formula is C12H14N4O4. The summed E-state index contributed by atoms with van der Waals surface area (Å²) in [5.41, 5.74) is 1.94. The number of fused-ring (bicyclic) bond motifs is 1. The molecule has 0 spiro atoms. The van der Waals surface area contributed by atoms with E-state index in [-0.39, 0.29) is 41.6 Å². The second kappa shape index (κ2) is 4.71. The minimum atomic E-state index is -0.587. The van der Waals surface area contributed by atoms with Crippen molar-refractivity contribution in [3.63, 3.8) is 0 Å². The van der Waals surface area contributed by atoms with Crippen LogP contribution in [0.1, 0.15) is 35.5 Å². The van der Waals surface area contributed by atoms with Crippen LogP contribution < -0.4 is 11.3 Å². The number of imide groups is 1. The first-order valence-corrected chi connectivity index (χ1v) is 6.43. The molecule has 0 aromatic carbocycles. The summed E-state index contributed by atoms with van der Waals surface area (Å²) in [4.78, 5) is 36.7.